The van der Waals surface area contributed by atoms with Gasteiger partial charge >= 0.3 is 0 Å². The molecule has 2 N–H and O–H groups in total. The molecule has 0 aliphatic heterocycles. The highest BCUT2D eigenvalue weighted by Crippen LogP contribution is 2.21. The van der Waals surface area contributed by atoms with Crippen molar-refractivity contribution < 1.29 is 14.3 Å². The highest BCUT2D eigenvalue weighted by Gasteiger charge is 2.13. The van der Waals surface area contributed by atoms with Crippen LogP contribution in [0.4, 0.5) is 11.5 Å². The van der Waals surface area contributed by atoms with Gasteiger partial charge in [0.25, 0.3) is 0 Å². The summed E-state index contributed by atoms with van der Waals surface area (Å²) in [7, 11) is 1.73. The summed E-state index contributed by atoms with van der Waals surface area (Å²) in [5.41, 5.74) is 2.72. The van der Waals surface area contributed by atoms with Crippen LogP contribution in [0.5, 0.6) is 5.75 Å². The van der Waals surface area contributed by atoms with Crippen molar-refractivity contribution >= 4 is 23.3 Å². The molecular formula is C26H35N7O3. The van der Waals surface area contributed by atoms with Crippen LogP contribution in [0.15, 0.2) is 42.9 Å². The number of carbonyl (C=O) groups excluding carboxylic acids is 2. The van der Waals surface area contributed by atoms with Crippen LogP contribution in [-0.4, -0.2) is 63.2 Å². The van der Waals surface area contributed by atoms with Crippen LogP contribution in [0.2, 0.25) is 0 Å². The summed E-state index contributed by atoms with van der Waals surface area (Å²) in [5, 5.41) is 10.2. The third-order valence-corrected chi connectivity index (χ3v) is 5.56. The van der Waals surface area contributed by atoms with Crippen LogP contribution in [0.25, 0.3) is 0 Å². The zero-order chi connectivity index (χ0) is 26.1. The van der Waals surface area contributed by atoms with Gasteiger partial charge in [-0.15, -0.1) is 0 Å². The first-order chi connectivity index (χ1) is 17.2. The molecule has 0 fully saturated rings. The first-order valence-electron chi connectivity index (χ1n) is 12.0. The van der Waals surface area contributed by atoms with Gasteiger partial charge in [0.2, 0.25) is 11.8 Å². The molecule has 192 valence electrons. The van der Waals surface area contributed by atoms with E-state index >= 15 is 0 Å². The Morgan fingerprint density at radius 1 is 1.14 bits per heavy atom. The Hall–Kier alpha value is -3.95. The Labute approximate surface area is 212 Å². The highest BCUT2D eigenvalue weighted by atomic mass is 16.5. The maximum absolute atomic E-state index is 12.5. The van der Waals surface area contributed by atoms with Crippen molar-refractivity contribution in [3.8, 4) is 5.75 Å². The van der Waals surface area contributed by atoms with E-state index < -0.39 is 0 Å². The first-order valence-corrected chi connectivity index (χ1v) is 12.0. The van der Waals surface area contributed by atoms with Gasteiger partial charge in [0, 0.05) is 38.0 Å². The van der Waals surface area contributed by atoms with Crippen LogP contribution in [0, 0.1) is 13.8 Å². The number of rotatable bonds is 12. The first kappa shape index (κ1) is 26.7. The van der Waals surface area contributed by atoms with E-state index in [1.165, 1.54) is 16.4 Å². The zero-order valence-electron chi connectivity index (χ0n) is 21.6. The fourth-order valence-electron chi connectivity index (χ4n) is 3.39. The average molecular weight is 494 g/mol. The molecule has 0 bridgehead atoms. The molecule has 1 aromatic carbocycles. The molecule has 2 amide bonds. The Kier molecular flexibility index (Phi) is 9.38. The van der Waals surface area contributed by atoms with Crippen molar-refractivity contribution in [1.29, 1.82) is 0 Å². The van der Waals surface area contributed by atoms with Gasteiger partial charge in [-0.1, -0.05) is 31.5 Å². The quantitative estimate of drug-likeness (QED) is 0.397. The molecule has 2 aromatic heterocycles. The van der Waals surface area contributed by atoms with E-state index in [-0.39, 0.29) is 30.7 Å². The predicted molar refractivity (Wildman–Crippen MR) is 139 cm³/mol. The van der Waals surface area contributed by atoms with Gasteiger partial charge in [0.05, 0.1) is 18.4 Å². The highest BCUT2D eigenvalue weighted by molar-refractivity contribution is 5.90. The van der Waals surface area contributed by atoms with Gasteiger partial charge in [-0.05, 0) is 31.9 Å². The molecule has 10 heteroatoms. The second kappa shape index (κ2) is 12.7. The van der Waals surface area contributed by atoms with E-state index in [1.54, 1.807) is 18.1 Å². The molecule has 0 saturated heterocycles. The van der Waals surface area contributed by atoms with Crippen LogP contribution in [-0.2, 0) is 16.1 Å². The number of aryl methyl sites for hydroxylation is 2. The van der Waals surface area contributed by atoms with Crippen molar-refractivity contribution in [2.24, 2.45) is 0 Å². The second-order valence-corrected chi connectivity index (χ2v) is 9.00. The Balaban J connectivity index is 1.40. The van der Waals surface area contributed by atoms with Crippen LogP contribution >= 0.6 is 0 Å². The molecule has 0 aliphatic carbocycles. The van der Waals surface area contributed by atoms with E-state index in [0.717, 1.165) is 17.1 Å². The molecule has 36 heavy (non-hydrogen) atoms. The Morgan fingerprint density at radius 2 is 1.89 bits per heavy atom. The van der Waals surface area contributed by atoms with Crippen molar-refractivity contribution in [1.82, 2.24) is 24.6 Å². The smallest absolute Gasteiger partial charge is 0.244 e. The zero-order valence-corrected chi connectivity index (χ0v) is 21.6. The van der Waals surface area contributed by atoms with Crippen molar-refractivity contribution in [3.05, 3.63) is 59.8 Å². The lowest BCUT2D eigenvalue weighted by Gasteiger charge is -2.17. The van der Waals surface area contributed by atoms with Gasteiger partial charge in [-0.25, -0.2) is 9.97 Å². The SMILES string of the molecule is Cc1ccc(OCCN(C)C(=O)Cn2cc(NC(=O)CCNc3nc(C)ncc3C(C)C)cn2)cc1. The largest absolute Gasteiger partial charge is 0.492 e. The van der Waals surface area contributed by atoms with Crippen molar-refractivity contribution in [2.45, 2.75) is 46.6 Å². The van der Waals surface area contributed by atoms with Crippen LogP contribution in [0.3, 0.4) is 0 Å². The van der Waals surface area contributed by atoms with Gasteiger partial charge in [0.15, 0.2) is 0 Å². The second-order valence-electron chi connectivity index (χ2n) is 9.00. The van der Waals surface area contributed by atoms with Gasteiger partial charge < -0.3 is 20.3 Å². The standard InChI is InChI=1S/C26H35N7O3/c1-18(2)23-15-28-20(4)30-26(23)27-11-10-24(34)31-21-14-29-33(16-21)17-25(35)32(5)12-13-36-22-8-6-19(3)7-9-22/h6-9,14-16,18H,10-13,17H2,1-5H3,(H,31,34)(H,27,28,30). The topological polar surface area (TPSA) is 114 Å². The van der Waals surface area contributed by atoms with Crippen molar-refractivity contribution in [3.63, 3.8) is 0 Å². The number of likely N-dealkylation sites (N-methyl/N-ethyl adjacent to an activating group) is 1. The number of ether oxygens (including phenoxy) is 1. The number of aromatic nitrogens is 4. The van der Waals surface area contributed by atoms with E-state index in [4.69, 9.17) is 4.74 Å². The molecule has 0 radical (unpaired) electrons. The predicted octanol–water partition coefficient (Wildman–Crippen LogP) is 3.39. The van der Waals surface area contributed by atoms with E-state index in [0.29, 0.717) is 31.2 Å². The Morgan fingerprint density at radius 3 is 2.61 bits per heavy atom. The maximum Gasteiger partial charge on any atom is 0.244 e. The lowest BCUT2D eigenvalue weighted by atomic mass is 10.1. The van der Waals surface area contributed by atoms with E-state index in [9.17, 15) is 9.59 Å². The molecule has 0 saturated carbocycles. The van der Waals surface area contributed by atoms with E-state index in [2.05, 4.69) is 39.5 Å². The minimum Gasteiger partial charge on any atom is -0.492 e. The van der Waals surface area contributed by atoms with Gasteiger partial charge in [-0.2, -0.15) is 5.10 Å². The van der Waals surface area contributed by atoms with Crippen LogP contribution < -0.4 is 15.4 Å². The maximum atomic E-state index is 12.5. The Bertz CT molecular complexity index is 1160. The van der Waals surface area contributed by atoms with Gasteiger partial charge in [0.1, 0.15) is 30.5 Å². The number of nitrogens with one attached hydrogen (secondary N) is 2. The number of amides is 2. The fourth-order valence-corrected chi connectivity index (χ4v) is 3.39. The summed E-state index contributed by atoms with van der Waals surface area (Å²) >= 11 is 0. The molecule has 10 nitrogen and oxygen atoms in total. The molecule has 3 aromatic rings. The summed E-state index contributed by atoms with van der Waals surface area (Å²) in [5.74, 6) is 2.22. The summed E-state index contributed by atoms with van der Waals surface area (Å²) in [4.78, 5) is 35.2. The molecule has 3 rings (SSSR count). The molecular weight excluding hydrogens is 458 g/mol. The number of carbonyl (C=O) groups is 2. The monoisotopic (exact) mass is 493 g/mol. The fraction of sp³-hybridized carbons (Fsp3) is 0.423. The summed E-state index contributed by atoms with van der Waals surface area (Å²) in [6, 6.07) is 7.78. The van der Waals surface area contributed by atoms with Gasteiger partial charge in [-0.3, -0.25) is 14.3 Å². The summed E-state index contributed by atoms with van der Waals surface area (Å²) in [6.07, 6.45) is 5.25. The minimum absolute atomic E-state index is 0.0729. The van der Waals surface area contributed by atoms with Crippen LogP contribution in [0.1, 0.15) is 43.1 Å². The normalized spacial score (nSPS) is 10.8. The number of hydrogen-bond donors (Lipinski definition) is 2. The molecule has 0 aliphatic rings. The summed E-state index contributed by atoms with van der Waals surface area (Å²) in [6.45, 7) is 9.36. The molecule has 0 atom stereocenters. The molecule has 0 spiro atoms. The minimum atomic E-state index is -0.157. The third-order valence-electron chi connectivity index (χ3n) is 5.56. The number of hydrogen-bond acceptors (Lipinski definition) is 7. The summed E-state index contributed by atoms with van der Waals surface area (Å²) < 4.78 is 7.19. The molecule has 2 heterocycles. The lowest BCUT2D eigenvalue weighted by molar-refractivity contribution is -0.131. The number of benzene rings is 1. The number of anilines is 2. The average Bonchev–Trinajstić information content (AvgIpc) is 3.26. The van der Waals surface area contributed by atoms with E-state index in [1.807, 2.05) is 44.3 Å². The van der Waals surface area contributed by atoms with Crippen molar-refractivity contribution in [2.75, 3.05) is 37.4 Å². The number of nitrogens with zero attached hydrogens (tertiary/aromatic N) is 5. The lowest BCUT2D eigenvalue weighted by Crippen LogP contribution is -2.33. The molecule has 0 unspecified atom stereocenters. The third kappa shape index (κ3) is 8.07.